The first-order valence-electron chi connectivity index (χ1n) is 32.8. The van der Waals surface area contributed by atoms with E-state index in [1.165, 1.54) is 0 Å². The van der Waals surface area contributed by atoms with Gasteiger partial charge in [0.05, 0.1) is 44.5 Å². The van der Waals surface area contributed by atoms with Crippen LogP contribution < -0.4 is 152 Å². The third-order valence-corrected chi connectivity index (χ3v) is 21.1. The molecule has 0 saturated carbocycles. The van der Waals surface area contributed by atoms with Crippen LogP contribution in [0.3, 0.4) is 0 Å². The van der Waals surface area contributed by atoms with Crippen LogP contribution in [0.2, 0.25) is 0 Å². The van der Waals surface area contributed by atoms with Crippen molar-refractivity contribution >= 4 is 456 Å². The summed E-state index contributed by atoms with van der Waals surface area (Å²) in [5.41, 5.74) is 5.01. The Bertz CT molecular complexity index is 5920. The monoisotopic (exact) mass is 1260 g/mol. The van der Waals surface area contributed by atoms with Crippen LogP contribution in [0.1, 0.15) is 52.7 Å². The average molecular weight is 1260 g/mol. The van der Waals surface area contributed by atoms with Gasteiger partial charge in [-0.1, -0.05) is 178 Å². The van der Waals surface area contributed by atoms with E-state index >= 15 is 0 Å². The van der Waals surface area contributed by atoms with Crippen molar-refractivity contribution in [3.8, 4) is 22.3 Å². The van der Waals surface area contributed by atoms with Crippen molar-refractivity contribution in [2.24, 2.45) is 0 Å². The minimum Gasteiger partial charge on any atom is -0.311 e. The van der Waals surface area contributed by atoms with Crippen LogP contribution in [-0.4, -0.2) is 213 Å². The summed E-state index contributed by atoms with van der Waals surface area (Å²) in [5, 5.41) is 6.21. The second-order valence-corrected chi connectivity index (χ2v) is 28.9. The number of hydrogen-bond donors (Lipinski definition) is 0. The number of rotatable bonds is 8. The van der Waals surface area contributed by atoms with Gasteiger partial charge in [-0.05, 0) is 69.5 Å². The second kappa shape index (κ2) is 24.4. The van der Waals surface area contributed by atoms with E-state index in [1.54, 1.807) is 9.80 Å². The van der Waals surface area contributed by atoms with E-state index in [4.69, 9.17) is 204 Å². The van der Waals surface area contributed by atoms with Crippen LogP contribution in [0.25, 0.3) is 98.4 Å². The number of hydrogen-bond acceptors (Lipinski definition) is 2. The van der Waals surface area contributed by atoms with Crippen molar-refractivity contribution in [2.45, 2.75) is 52.4 Å². The van der Waals surface area contributed by atoms with E-state index in [0.717, 1.165) is 65.4 Å². The van der Waals surface area contributed by atoms with Gasteiger partial charge in [-0.3, -0.25) is 0 Å². The molecule has 0 aliphatic heterocycles. The number of anilines is 6. The minimum absolute atomic E-state index is 0.00117. The number of fused-ring (bicyclic) bond motifs is 12. The molecule has 0 fully saturated rings. The lowest BCUT2D eigenvalue weighted by Gasteiger charge is -2.40. The molecule has 0 aliphatic rings. The fourth-order valence-electron chi connectivity index (χ4n) is 16.1. The van der Waals surface area contributed by atoms with Crippen LogP contribution >= 0.6 is 0 Å². The summed E-state index contributed by atoms with van der Waals surface area (Å²) < 4.78 is 4.41. The van der Waals surface area contributed by atoms with Crippen LogP contribution in [0, 0.1) is 0 Å². The summed E-state index contributed by atoms with van der Waals surface area (Å²) in [6.45, 7) is 11.6. The van der Waals surface area contributed by atoms with E-state index in [-0.39, 0.29) is 187 Å². The van der Waals surface area contributed by atoms with Crippen LogP contribution in [0.5, 0.6) is 0 Å². The van der Waals surface area contributed by atoms with Crippen molar-refractivity contribution in [1.29, 1.82) is 0 Å². The summed E-state index contributed by atoms with van der Waals surface area (Å²) in [4.78, 5) is 3.44. The summed E-state index contributed by atoms with van der Waals surface area (Å²) >= 11 is 0. The molecule has 4 heterocycles. The standard InChI is InChI=1S/C74H32B26N4/c1-73(2,3)39-41(75)37(35-43(77)49(83)53(87)50(84)44(35)78)69(61(95)47(39)81)103(71-63(97)57(91)55(89)58(92)64(71)98)29-17-15-21-25-19-32-26(20-31(25)101-27-13-9-7-11-23(27)33(29)67(21)101)22-16-18-30(34-24-12-8-10-14-28(24)102(32)68(22)34)104(72-65(99)59(93)56(90)60(94)66(72)100)70-38(36-45(79)51(85)54(88)52(86)46(36)80)42(76)40(74(4,5)6)48(82)62(70)96/h7-20H,1-6H3. The van der Waals surface area contributed by atoms with Crippen molar-refractivity contribution in [3.05, 3.63) is 96.1 Å². The van der Waals surface area contributed by atoms with E-state index in [0.29, 0.717) is 33.3 Å². The fraction of sp³-hybridized carbons (Fsp3) is 0.108. The van der Waals surface area contributed by atoms with Gasteiger partial charge in [0.2, 0.25) is 0 Å². The summed E-state index contributed by atoms with van der Waals surface area (Å²) in [6, 6.07) is 28.0. The van der Waals surface area contributed by atoms with E-state index < -0.39 is 10.8 Å². The van der Waals surface area contributed by atoms with Crippen molar-refractivity contribution in [1.82, 2.24) is 8.80 Å². The summed E-state index contributed by atoms with van der Waals surface area (Å²) in [6.07, 6.45) is 0. The molecule has 426 valence electrons. The van der Waals surface area contributed by atoms with Crippen molar-refractivity contribution in [2.75, 3.05) is 9.80 Å². The van der Waals surface area contributed by atoms with Crippen LogP contribution in [0.15, 0.2) is 84.9 Å². The lowest BCUT2D eigenvalue weighted by Crippen LogP contribution is -2.57. The first-order chi connectivity index (χ1) is 48.8. The topological polar surface area (TPSA) is 15.3 Å². The van der Waals surface area contributed by atoms with Gasteiger partial charge in [0, 0.05) is 65.8 Å². The SMILES string of the molecule is [B]c1c([B])c([B])c(-c2c([B])c(C(C)(C)C)c([B])c([B])c2N(c2c([B])c([B])c([B])c([B])c2[B])c2ccc3c4cc5c(cc4n4c6ccccc6c2c34)c2ccc(N(c3c([B])c([B])c([B])c([B])c3[B])c3c([B])c([B])c(C(C)(C)C)c([B])c3-c3c([B])c([B])c([B])c([B])c3[B])c3c4ccccc4n5c23)c([B])c1[B]. The summed E-state index contributed by atoms with van der Waals surface area (Å²) in [5.74, 6) is 0. The van der Waals surface area contributed by atoms with Crippen LogP contribution in [0.4, 0.5) is 34.1 Å². The van der Waals surface area contributed by atoms with Gasteiger partial charge in [0.25, 0.3) is 0 Å². The Kier molecular flexibility index (Phi) is 16.9. The molecule has 104 heavy (non-hydrogen) atoms. The van der Waals surface area contributed by atoms with E-state index in [2.05, 4.69) is 20.9 Å². The Morgan fingerprint density at radius 2 is 0.490 bits per heavy atom. The zero-order valence-electron chi connectivity index (χ0n) is 57.9. The number of aromatic nitrogens is 2. The zero-order chi connectivity index (χ0) is 75.2. The first kappa shape index (κ1) is 71.9. The summed E-state index contributed by atoms with van der Waals surface area (Å²) in [7, 11) is 182. The lowest BCUT2D eigenvalue weighted by atomic mass is 9.57. The van der Waals surface area contributed by atoms with E-state index in [1.807, 2.05) is 114 Å². The maximum absolute atomic E-state index is 7.58. The zero-order valence-corrected chi connectivity index (χ0v) is 57.9. The molecule has 0 bridgehead atoms. The van der Waals surface area contributed by atoms with Crippen molar-refractivity contribution in [3.63, 3.8) is 0 Å². The molecule has 0 N–H and O–H groups in total. The molecule has 0 atom stereocenters. The van der Waals surface area contributed by atoms with Gasteiger partial charge >= 0.3 is 0 Å². The molecule has 4 aromatic heterocycles. The van der Waals surface area contributed by atoms with Gasteiger partial charge < -0.3 is 18.6 Å². The van der Waals surface area contributed by atoms with E-state index in [9.17, 15) is 0 Å². The van der Waals surface area contributed by atoms with Gasteiger partial charge in [-0.25, -0.2) is 0 Å². The first-order valence-corrected chi connectivity index (χ1v) is 32.8. The third-order valence-electron chi connectivity index (χ3n) is 21.1. The predicted molar refractivity (Wildman–Crippen MR) is 473 cm³/mol. The molecule has 0 aliphatic carbocycles. The fourth-order valence-corrected chi connectivity index (χ4v) is 16.1. The highest BCUT2D eigenvalue weighted by atomic mass is 15.2. The van der Waals surface area contributed by atoms with Gasteiger partial charge in [0.15, 0.2) is 0 Å². The number of benzene rings is 11. The average Bonchev–Trinajstić information content (AvgIpc) is 1.45. The number of para-hydroxylation sites is 2. The van der Waals surface area contributed by atoms with Gasteiger partial charge in [0.1, 0.15) is 204 Å². The molecule has 52 radical (unpaired) electrons. The molecule has 15 rings (SSSR count). The molecule has 0 amide bonds. The maximum atomic E-state index is 7.58. The third kappa shape index (κ3) is 9.61. The lowest BCUT2D eigenvalue weighted by molar-refractivity contribution is 0.598. The number of nitrogens with zero attached hydrogens (tertiary/aromatic N) is 4. The van der Waals surface area contributed by atoms with Crippen LogP contribution in [-0.2, 0) is 10.8 Å². The molecule has 30 heteroatoms. The largest absolute Gasteiger partial charge is 0.311 e. The molecule has 11 aromatic carbocycles. The van der Waals surface area contributed by atoms with Crippen molar-refractivity contribution < 1.29 is 0 Å². The maximum Gasteiger partial charge on any atom is 0.115 e. The molecule has 0 saturated heterocycles. The predicted octanol–water partition coefficient (Wildman–Crippen LogP) is -10.5. The Balaban J connectivity index is 1.09. The van der Waals surface area contributed by atoms with Gasteiger partial charge in [-0.2, -0.15) is 0 Å². The Morgan fingerprint density at radius 1 is 0.231 bits per heavy atom. The molecule has 15 aromatic rings. The minimum atomic E-state index is -0.764. The van der Waals surface area contributed by atoms with Gasteiger partial charge in [-0.15, -0.1) is 65.6 Å². The normalized spacial score (nSPS) is 12.4. The molecular weight excluding hydrogens is 1230 g/mol. The quantitative estimate of drug-likeness (QED) is 0.141. The Hall–Kier alpha value is -7.69. The highest BCUT2D eigenvalue weighted by Crippen LogP contribution is 2.52. The Morgan fingerprint density at radius 3 is 0.779 bits per heavy atom. The smallest absolute Gasteiger partial charge is 0.115 e. The second-order valence-electron chi connectivity index (χ2n) is 28.9. The molecule has 0 spiro atoms. The highest BCUT2D eigenvalue weighted by Gasteiger charge is 2.37. The molecular formula is C74H32B26N4. The molecule has 0 unspecified atom stereocenters. The molecule has 4 nitrogen and oxygen atoms in total. The highest BCUT2D eigenvalue weighted by molar-refractivity contribution is 6.74. The Labute approximate surface area is 640 Å².